The van der Waals surface area contributed by atoms with E-state index in [-0.39, 0.29) is 16.8 Å². The second-order valence-electron chi connectivity index (χ2n) is 5.15. The van der Waals surface area contributed by atoms with Gasteiger partial charge in [0.1, 0.15) is 0 Å². The minimum absolute atomic E-state index is 0. The van der Waals surface area contributed by atoms with Gasteiger partial charge in [-0.15, -0.1) is 0 Å². The monoisotopic (exact) mass is 301 g/mol. The number of hydrogen-bond acceptors (Lipinski definition) is 1. The van der Waals surface area contributed by atoms with Crippen LogP contribution in [0.3, 0.4) is 0 Å². The van der Waals surface area contributed by atoms with E-state index in [9.17, 15) is 0 Å². The van der Waals surface area contributed by atoms with E-state index in [1.54, 1.807) is 0 Å². The van der Waals surface area contributed by atoms with E-state index in [4.69, 9.17) is 4.74 Å². The Bertz CT molecular complexity index is 114. The van der Waals surface area contributed by atoms with Gasteiger partial charge in [0, 0.05) is 30.0 Å². The van der Waals surface area contributed by atoms with Gasteiger partial charge in [-0.25, -0.2) is 0 Å². The first-order chi connectivity index (χ1) is 8.41. The van der Waals surface area contributed by atoms with E-state index in [1.807, 2.05) is 0 Å². The Labute approximate surface area is 126 Å². The summed E-state index contributed by atoms with van der Waals surface area (Å²) in [5.74, 6) is 0. The van der Waals surface area contributed by atoms with E-state index in [0.29, 0.717) is 0 Å². The number of unbranched alkanes of at least 4 members (excludes halogenated alkanes) is 10. The maximum Gasteiger partial charge on any atom is 0.0466 e. The van der Waals surface area contributed by atoms with Crippen molar-refractivity contribution in [2.75, 3.05) is 13.2 Å². The maximum absolute atomic E-state index is 5.65. The molecule has 0 rings (SSSR count). The number of hydrogen-bond donors (Lipinski definition) is 0. The molecule has 0 saturated carbocycles. The molecule has 0 unspecified atom stereocenters. The third-order valence-corrected chi connectivity index (χ3v) is 3.28. The summed E-state index contributed by atoms with van der Waals surface area (Å²) in [5, 5.41) is 0. The third kappa shape index (κ3) is 18.8. The smallest absolute Gasteiger partial charge is 0.0466 e. The second-order valence-corrected chi connectivity index (χ2v) is 5.15. The van der Waals surface area contributed by atoms with Gasteiger partial charge >= 0.3 is 0 Å². The summed E-state index contributed by atoms with van der Waals surface area (Å²) >= 11 is 0. The molecule has 0 spiro atoms. The van der Waals surface area contributed by atoms with Crippen molar-refractivity contribution in [3.8, 4) is 0 Å². The van der Waals surface area contributed by atoms with Gasteiger partial charge < -0.3 is 4.74 Å². The van der Waals surface area contributed by atoms with Gasteiger partial charge in [-0.3, -0.25) is 0 Å². The molecule has 1 radical (unpaired) electrons. The van der Waals surface area contributed by atoms with Crippen LogP contribution in [0.4, 0.5) is 0 Å². The SMILES string of the molecule is CCCCCCCCOCCCCCCCC.[Co]. The molecular formula is C16H34CoO. The quantitative estimate of drug-likeness (QED) is 0.373. The van der Waals surface area contributed by atoms with Gasteiger partial charge in [-0.05, 0) is 12.8 Å². The summed E-state index contributed by atoms with van der Waals surface area (Å²) < 4.78 is 5.65. The van der Waals surface area contributed by atoms with Crippen molar-refractivity contribution < 1.29 is 21.5 Å². The predicted octanol–water partition coefficient (Wildman–Crippen LogP) is 5.72. The van der Waals surface area contributed by atoms with Gasteiger partial charge in [-0.1, -0.05) is 78.1 Å². The molecule has 0 aliphatic heterocycles. The molecule has 0 heterocycles. The average molecular weight is 301 g/mol. The molecule has 1 nitrogen and oxygen atoms in total. The molecular weight excluding hydrogens is 267 g/mol. The van der Waals surface area contributed by atoms with Crippen LogP contribution in [0.2, 0.25) is 0 Å². The Balaban J connectivity index is 0. The van der Waals surface area contributed by atoms with E-state index in [1.165, 1.54) is 77.0 Å². The Hall–Kier alpha value is 0.466. The van der Waals surface area contributed by atoms with Crippen LogP contribution in [0.5, 0.6) is 0 Å². The van der Waals surface area contributed by atoms with Gasteiger partial charge in [0.2, 0.25) is 0 Å². The largest absolute Gasteiger partial charge is 0.381 e. The van der Waals surface area contributed by atoms with Gasteiger partial charge in [0.25, 0.3) is 0 Å². The van der Waals surface area contributed by atoms with E-state index < -0.39 is 0 Å². The minimum Gasteiger partial charge on any atom is -0.381 e. The van der Waals surface area contributed by atoms with Crippen LogP contribution in [0.25, 0.3) is 0 Å². The summed E-state index contributed by atoms with van der Waals surface area (Å²) in [5.41, 5.74) is 0. The van der Waals surface area contributed by atoms with Crippen LogP contribution in [-0.4, -0.2) is 13.2 Å². The van der Waals surface area contributed by atoms with E-state index >= 15 is 0 Å². The van der Waals surface area contributed by atoms with Gasteiger partial charge in [0.05, 0.1) is 0 Å². The molecule has 0 aromatic rings. The molecule has 113 valence electrons. The zero-order chi connectivity index (χ0) is 12.6. The zero-order valence-electron chi connectivity index (χ0n) is 12.6. The molecule has 0 aromatic carbocycles. The van der Waals surface area contributed by atoms with Crippen LogP contribution < -0.4 is 0 Å². The van der Waals surface area contributed by atoms with Crippen LogP contribution in [0.1, 0.15) is 90.9 Å². The molecule has 0 aliphatic carbocycles. The Morgan fingerprint density at radius 1 is 0.500 bits per heavy atom. The zero-order valence-corrected chi connectivity index (χ0v) is 13.7. The van der Waals surface area contributed by atoms with Crippen molar-refractivity contribution in [1.29, 1.82) is 0 Å². The molecule has 0 saturated heterocycles. The first kappa shape index (κ1) is 20.8. The van der Waals surface area contributed by atoms with Crippen molar-refractivity contribution in [3.05, 3.63) is 0 Å². The van der Waals surface area contributed by atoms with Crippen molar-refractivity contribution in [1.82, 2.24) is 0 Å². The summed E-state index contributed by atoms with van der Waals surface area (Å²) in [4.78, 5) is 0. The standard InChI is InChI=1S/C16H34O.Co/c1-3-5-7-9-11-13-15-17-16-14-12-10-8-6-4-2;/h3-16H2,1-2H3;. The molecule has 0 atom stereocenters. The summed E-state index contributed by atoms with van der Waals surface area (Å²) in [7, 11) is 0. The molecule has 0 fully saturated rings. The molecule has 0 amide bonds. The fourth-order valence-electron chi connectivity index (χ4n) is 2.07. The summed E-state index contributed by atoms with van der Waals surface area (Å²) in [6.45, 7) is 6.51. The topological polar surface area (TPSA) is 9.23 Å². The van der Waals surface area contributed by atoms with Gasteiger partial charge in [-0.2, -0.15) is 0 Å². The van der Waals surface area contributed by atoms with Crippen molar-refractivity contribution >= 4 is 0 Å². The van der Waals surface area contributed by atoms with Crippen LogP contribution in [-0.2, 0) is 21.5 Å². The van der Waals surface area contributed by atoms with Crippen molar-refractivity contribution in [2.45, 2.75) is 90.9 Å². The first-order valence-electron chi connectivity index (χ1n) is 7.99. The van der Waals surface area contributed by atoms with Crippen molar-refractivity contribution in [3.63, 3.8) is 0 Å². The van der Waals surface area contributed by atoms with Crippen molar-refractivity contribution in [2.24, 2.45) is 0 Å². The Morgan fingerprint density at radius 3 is 1.22 bits per heavy atom. The fraction of sp³-hybridized carbons (Fsp3) is 1.00. The molecule has 0 bridgehead atoms. The van der Waals surface area contributed by atoms with E-state index in [0.717, 1.165) is 13.2 Å². The number of ether oxygens (including phenoxy) is 1. The first-order valence-corrected chi connectivity index (χ1v) is 7.99. The van der Waals surface area contributed by atoms with Crippen LogP contribution >= 0.6 is 0 Å². The molecule has 0 aliphatic rings. The Kier molecular flexibility index (Phi) is 22.9. The maximum atomic E-state index is 5.65. The third-order valence-electron chi connectivity index (χ3n) is 3.28. The minimum atomic E-state index is 0. The predicted molar refractivity (Wildman–Crippen MR) is 77.6 cm³/mol. The molecule has 0 aromatic heterocycles. The van der Waals surface area contributed by atoms with E-state index in [2.05, 4.69) is 13.8 Å². The average Bonchev–Trinajstić information content (AvgIpc) is 2.35. The summed E-state index contributed by atoms with van der Waals surface area (Å²) in [6.07, 6.45) is 16.3. The van der Waals surface area contributed by atoms with Crippen LogP contribution in [0, 0.1) is 0 Å². The molecule has 2 heteroatoms. The van der Waals surface area contributed by atoms with Crippen LogP contribution in [0.15, 0.2) is 0 Å². The Morgan fingerprint density at radius 2 is 0.833 bits per heavy atom. The van der Waals surface area contributed by atoms with Gasteiger partial charge in [0.15, 0.2) is 0 Å². The normalized spacial score (nSPS) is 10.3. The second kappa shape index (κ2) is 19.8. The number of rotatable bonds is 14. The fourth-order valence-corrected chi connectivity index (χ4v) is 2.07. The summed E-state index contributed by atoms with van der Waals surface area (Å²) in [6, 6.07) is 0. The molecule has 0 N–H and O–H groups in total. The molecule has 18 heavy (non-hydrogen) atoms.